The maximum Gasteiger partial charge on any atom is 0.337 e. The van der Waals surface area contributed by atoms with Gasteiger partial charge in [0.15, 0.2) is 0 Å². The standard InChI is InChI=1S/C19H19ClN2O5/c1-12(23)22(16-10-13(19(25)27-3)8-9-14(16)20)11-18(24)21-15-6-4-5-7-17(15)26-2/h4-10H,11H2,1-3H3,(H,21,24). The summed E-state index contributed by atoms with van der Waals surface area (Å²) >= 11 is 6.18. The first-order chi connectivity index (χ1) is 12.9. The molecule has 0 aliphatic rings. The van der Waals surface area contributed by atoms with Crippen molar-refractivity contribution in [2.24, 2.45) is 0 Å². The molecule has 2 aromatic carbocycles. The summed E-state index contributed by atoms with van der Waals surface area (Å²) in [6.07, 6.45) is 0. The van der Waals surface area contributed by atoms with Crippen LogP contribution in [0.25, 0.3) is 0 Å². The molecular weight excluding hydrogens is 372 g/mol. The van der Waals surface area contributed by atoms with Gasteiger partial charge in [-0.05, 0) is 30.3 Å². The lowest BCUT2D eigenvalue weighted by atomic mass is 10.2. The highest BCUT2D eigenvalue weighted by Gasteiger charge is 2.21. The molecule has 8 heteroatoms. The van der Waals surface area contributed by atoms with Crippen LogP contribution in [-0.4, -0.2) is 38.5 Å². The Morgan fingerprint density at radius 1 is 1.11 bits per heavy atom. The van der Waals surface area contributed by atoms with Crippen LogP contribution >= 0.6 is 11.6 Å². The van der Waals surface area contributed by atoms with Gasteiger partial charge < -0.3 is 19.7 Å². The van der Waals surface area contributed by atoms with Crippen molar-refractivity contribution in [3.05, 3.63) is 53.1 Å². The number of hydrogen-bond donors (Lipinski definition) is 1. The number of methoxy groups -OCH3 is 2. The Hall–Kier alpha value is -3.06. The van der Waals surface area contributed by atoms with Crippen LogP contribution in [0.1, 0.15) is 17.3 Å². The van der Waals surface area contributed by atoms with Crippen LogP contribution in [0.3, 0.4) is 0 Å². The quantitative estimate of drug-likeness (QED) is 0.766. The fourth-order valence-electron chi connectivity index (χ4n) is 2.41. The number of halogens is 1. The molecule has 142 valence electrons. The first-order valence-electron chi connectivity index (χ1n) is 7.96. The van der Waals surface area contributed by atoms with Gasteiger partial charge in [-0.3, -0.25) is 9.59 Å². The van der Waals surface area contributed by atoms with E-state index >= 15 is 0 Å². The second-order valence-corrected chi connectivity index (χ2v) is 5.92. The Bertz CT molecular complexity index is 869. The lowest BCUT2D eigenvalue weighted by Gasteiger charge is -2.22. The van der Waals surface area contributed by atoms with Gasteiger partial charge in [0, 0.05) is 6.92 Å². The highest BCUT2D eigenvalue weighted by Crippen LogP contribution is 2.28. The number of ether oxygens (including phenoxy) is 2. The number of anilines is 2. The molecule has 7 nitrogen and oxygen atoms in total. The summed E-state index contributed by atoms with van der Waals surface area (Å²) in [5.41, 5.74) is 0.929. The first kappa shape index (κ1) is 20.3. The molecule has 0 saturated carbocycles. The van der Waals surface area contributed by atoms with Crippen molar-refractivity contribution in [2.45, 2.75) is 6.92 Å². The molecule has 2 rings (SSSR count). The number of hydrogen-bond acceptors (Lipinski definition) is 5. The zero-order valence-corrected chi connectivity index (χ0v) is 15.9. The number of rotatable bonds is 6. The summed E-state index contributed by atoms with van der Waals surface area (Å²) in [6, 6.07) is 11.3. The number of nitrogens with one attached hydrogen (secondary N) is 1. The van der Waals surface area contributed by atoms with E-state index in [0.29, 0.717) is 11.4 Å². The summed E-state index contributed by atoms with van der Waals surface area (Å²) in [4.78, 5) is 37.5. The number of nitrogens with zero attached hydrogens (tertiary/aromatic N) is 1. The van der Waals surface area contributed by atoms with E-state index in [-0.39, 0.29) is 22.8 Å². The molecule has 0 saturated heterocycles. The maximum atomic E-state index is 12.5. The van der Waals surface area contributed by atoms with Gasteiger partial charge in [0.05, 0.1) is 36.2 Å². The zero-order chi connectivity index (χ0) is 20.0. The number of amides is 2. The van der Waals surface area contributed by atoms with Crippen LogP contribution in [0, 0.1) is 0 Å². The number of carbonyl (C=O) groups excluding carboxylic acids is 3. The minimum Gasteiger partial charge on any atom is -0.495 e. The van der Waals surface area contributed by atoms with Gasteiger partial charge in [0.2, 0.25) is 11.8 Å². The van der Waals surface area contributed by atoms with E-state index in [1.165, 1.54) is 44.2 Å². The number of esters is 1. The van der Waals surface area contributed by atoms with Crippen LogP contribution in [0.5, 0.6) is 5.75 Å². The van der Waals surface area contributed by atoms with Crippen LogP contribution in [0.2, 0.25) is 5.02 Å². The molecule has 27 heavy (non-hydrogen) atoms. The van der Waals surface area contributed by atoms with Crippen molar-refractivity contribution in [2.75, 3.05) is 31.0 Å². The van der Waals surface area contributed by atoms with Gasteiger partial charge in [-0.2, -0.15) is 0 Å². The Kier molecular flexibility index (Phi) is 6.79. The second-order valence-electron chi connectivity index (χ2n) is 5.51. The highest BCUT2D eigenvalue weighted by atomic mass is 35.5. The number of carbonyl (C=O) groups is 3. The average molecular weight is 391 g/mol. The third kappa shape index (κ3) is 4.98. The van der Waals surface area contributed by atoms with E-state index in [4.69, 9.17) is 16.3 Å². The van der Waals surface area contributed by atoms with Gasteiger partial charge in [-0.15, -0.1) is 0 Å². The SMILES string of the molecule is COC(=O)c1ccc(Cl)c(N(CC(=O)Nc2ccccc2OC)C(C)=O)c1. The number of benzene rings is 2. The topological polar surface area (TPSA) is 84.9 Å². The Morgan fingerprint density at radius 3 is 2.44 bits per heavy atom. The van der Waals surface area contributed by atoms with Crippen molar-refractivity contribution < 1.29 is 23.9 Å². The lowest BCUT2D eigenvalue weighted by Crippen LogP contribution is -2.37. The van der Waals surface area contributed by atoms with Crippen molar-refractivity contribution in [3.8, 4) is 5.75 Å². The first-order valence-corrected chi connectivity index (χ1v) is 8.34. The van der Waals surface area contributed by atoms with E-state index in [1.807, 2.05) is 0 Å². The van der Waals surface area contributed by atoms with Gasteiger partial charge in [0.1, 0.15) is 12.3 Å². The molecule has 0 aliphatic heterocycles. The summed E-state index contributed by atoms with van der Waals surface area (Å²) in [5, 5.41) is 2.92. The van der Waals surface area contributed by atoms with Crippen LogP contribution in [0.15, 0.2) is 42.5 Å². The predicted molar refractivity (Wildman–Crippen MR) is 102 cm³/mol. The summed E-state index contributed by atoms with van der Waals surface area (Å²) < 4.78 is 9.87. The molecule has 2 amide bonds. The van der Waals surface area contributed by atoms with Gasteiger partial charge in [0.25, 0.3) is 0 Å². The Balaban J connectivity index is 2.27. The molecule has 0 aromatic heterocycles. The van der Waals surface area contributed by atoms with Gasteiger partial charge >= 0.3 is 5.97 Å². The van der Waals surface area contributed by atoms with Gasteiger partial charge in [-0.25, -0.2) is 4.79 Å². The van der Waals surface area contributed by atoms with E-state index in [0.717, 1.165) is 0 Å². The fraction of sp³-hybridized carbons (Fsp3) is 0.211. The molecule has 0 atom stereocenters. The smallest absolute Gasteiger partial charge is 0.337 e. The van der Waals surface area contributed by atoms with Crippen LogP contribution in [0.4, 0.5) is 11.4 Å². The number of para-hydroxylation sites is 2. The molecule has 0 aliphatic carbocycles. The summed E-state index contributed by atoms with van der Waals surface area (Å²) in [6.45, 7) is 1.01. The largest absolute Gasteiger partial charge is 0.495 e. The third-order valence-corrected chi connectivity index (χ3v) is 4.04. The summed E-state index contributed by atoms with van der Waals surface area (Å²) in [7, 11) is 2.74. The van der Waals surface area contributed by atoms with Crippen LogP contribution in [-0.2, 0) is 14.3 Å². The van der Waals surface area contributed by atoms with Crippen LogP contribution < -0.4 is 15.0 Å². The molecule has 0 radical (unpaired) electrons. The normalized spacial score (nSPS) is 10.1. The Labute approximate surface area is 161 Å². The minimum absolute atomic E-state index is 0.216. The molecule has 0 heterocycles. The van der Waals surface area contributed by atoms with E-state index in [2.05, 4.69) is 10.1 Å². The third-order valence-electron chi connectivity index (χ3n) is 3.72. The zero-order valence-electron chi connectivity index (χ0n) is 15.1. The fourth-order valence-corrected chi connectivity index (χ4v) is 2.63. The monoisotopic (exact) mass is 390 g/mol. The average Bonchev–Trinajstić information content (AvgIpc) is 2.66. The molecule has 2 aromatic rings. The van der Waals surface area contributed by atoms with Gasteiger partial charge in [-0.1, -0.05) is 23.7 Å². The molecule has 0 bridgehead atoms. The van der Waals surface area contributed by atoms with E-state index < -0.39 is 17.8 Å². The molecule has 0 fully saturated rings. The second kappa shape index (κ2) is 9.05. The predicted octanol–water partition coefficient (Wildman–Crippen LogP) is 3.13. The molecule has 0 spiro atoms. The highest BCUT2D eigenvalue weighted by molar-refractivity contribution is 6.34. The van der Waals surface area contributed by atoms with Crippen molar-refractivity contribution in [1.29, 1.82) is 0 Å². The van der Waals surface area contributed by atoms with Crippen molar-refractivity contribution >= 4 is 40.8 Å². The molecule has 1 N–H and O–H groups in total. The Morgan fingerprint density at radius 2 is 1.81 bits per heavy atom. The van der Waals surface area contributed by atoms with E-state index in [9.17, 15) is 14.4 Å². The molecule has 0 unspecified atom stereocenters. The lowest BCUT2D eigenvalue weighted by molar-refractivity contribution is -0.120. The van der Waals surface area contributed by atoms with Crippen molar-refractivity contribution in [1.82, 2.24) is 0 Å². The minimum atomic E-state index is -0.574. The summed E-state index contributed by atoms with van der Waals surface area (Å²) in [5.74, 6) is -0.941. The maximum absolute atomic E-state index is 12.5. The molecular formula is C19H19ClN2O5. The van der Waals surface area contributed by atoms with E-state index in [1.54, 1.807) is 24.3 Å². The van der Waals surface area contributed by atoms with Crippen molar-refractivity contribution in [3.63, 3.8) is 0 Å².